The van der Waals surface area contributed by atoms with Crippen molar-refractivity contribution in [3.63, 3.8) is 0 Å². The van der Waals surface area contributed by atoms with Crippen molar-refractivity contribution < 1.29 is 13.2 Å². The predicted molar refractivity (Wildman–Crippen MR) is 91.1 cm³/mol. The Morgan fingerprint density at radius 2 is 2.21 bits per heavy atom. The zero-order chi connectivity index (χ0) is 17.7. The zero-order valence-corrected chi connectivity index (χ0v) is 15.0. The van der Waals surface area contributed by atoms with Crippen LogP contribution in [0.2, 0.25) is 0 Å². The maximum atomic E-state index is 13.0. The molecule has 0 saturated heterocycles. The van der Waals surface area contributed by atoms with E-state index in [4.69, 9.17) is 0 Å². The average molecular weight is 363 g/mol. The highest BCUT2D eigenvalue weighted by Crippen LogP contribution is 2.31. The predicted octanol–water partition coefficient (Wildman–Crippen LogP) is 2.78. The smallest absolute Gasteiger partial charge is 0.357 e. The van der Waals surface area contributed by atoms with Gasteiger partial charge in [-0.2, -0.15) is 30.0 Å². The first-order valence-electron chi connectivity index (χ1n) is 8.00. The fourth-order valence-electron chi connectivity index (χ4n) is 2.85. The molecule has 136 valence electrons. The summed E-state index contributed by atoms with van der Waals surface area (Å²) in [7, 11) is 1.48. The SMILES string of the molecule is CCNC(=NCc1cn(C)nc1C(F)(F)F)NC1CCC(SC)C1. The van der Waals surface area contributed by atoms with Crippen molar-refractivity contribution in [1.82, 2.24) is 20.4 Å². The minimum atomic E-state index is -4.46. The van der Waals surface area contributed by atoms with Crippen LogP contribution < -0.4 is 10.6 Å². The fraction of sp³-hybridized carbons (Fsp3) is 0.733. The third-order valence-corrected chi connectivity index (χ3v) is 5.08. The Bertz CT molecular complexity index is 570. The van der Waals surface area contributed by atoms with Crippen molar-refractivity contribution in [2.45, 2.75) is 50.2 Å². The molecule has 1 aliphatic carbocycles. The molecule has 2 unspecified atom stereocenters. The highest BCUT2D eigenvalue weighted by molar-refractivity contribution is 7.99. The number of aryl methyl sites for hydroxylation is 1. The number of halogens is 3. The van der Waals surface area contributed by atoms with E-state index in [1.54, 1.807) is 0 Å². The molecule has 0 bridgehead atoms. The second-order valence-corrected chi connectivity index (χ2v) is 7.02. The van der Waals surface area contributed by atoms with E-state index < -0.39 is 11.9 Å². The van der Waals surface area contributed by atoms with Crippen molar-refractivity contribution in [1.29, 1.82) is 0 Å². The van der Waals surface area contributed by atoms with Crippen LogP contribution in [0.3, 0.4) is 0 Å². The highest BCUT2D eigenvalue weighted by atomic mass is 32.2. The van der Waals surface area contributed by atoms with Gasteiger partial charge in [-0.05, 0) is 32.4 Å². The molecular formula is C15H24F3N5S. The van der Waals surface area contributed by atoms with Crippen molar-refractivity contribution in [3.8, 4) is 0 Å². The molecule has 0 aliphatic heterocycles. The molecule has 0 spiro atoms. The quantitative estimate of drug-likeness (QED) is 0.624. The summed E-state index contributed by atoms with van der Waals surface area (Å²) in [6, 6.07) is 0.316. The number of alkyl halides is 3. The van der Waals surface area contributed by atoms with Gasteiger partial charge in [-0.15, -0.1) is 0 Å². The summed E-state index contributed by atoms with van der Waals surface area (Å²) < 4.78 is 40.1. The van der Waals surface area contributed by atoms with Crippen LogP contribution >= 0.6 is 11.8 Å². The lowest BCUT2D eigenvalue weighted by Crippen LogP contribution is -2.42. The van der Waals surface area contributed by atoms with Gasteiger partial charge in [0.05, 0.1) is 6.54 Å². The van der Waals surface area contributed by atoms with E-state index in [9.17, 15) is 13.2 Å². The lowest BCUT2D eigenvalue weighted by atomic mass is 10.2. The number of guanidine groups is 1. The number of thioether (sulfide) groups is 1. The molecule has 5 nitrogen and oxygen atoms in total. The van der Waals surface area contributed by atoms with E-state index >= 15 is 0 Å². The molecule has 1 fully saturated rings. The van der Waals surface area contributed by atoms with Gasteiger partial charge in [0.25, 0.3) is 0 Å². The third-order valence-electron chi connectivity index (χ3n) is 3.98. The van der Waals surface area contributed by atoms with Gasteiger partial charge < -0.3 is 10.6 Å². The number of hydrogen-bond acceptors (Lipinski definition) is 3. The Labute approximate surface area is 144 Å². The van der Waals surface area contributed by atoms with E-state index in [1.807, 2.05) is 18.7 Å². The van der Waals surface area contributed by atoms with Crippen molar-refractivity contribution in [2.75, 3.05) is 12.8 Å². The van der Waals surface area contributed by atoms with Gasteiger partial charge in [0, 0.05) is 36.6 Å². The molecule has 9 heteroatoms. The summed E-state index contributed by atoms with van der Waals surface area (Å²) in [5.74, 6) is 0.557. The van der Waals surface area contributed by atoms with Gasteiger partial charge in [-0.3, -0.25) is 4.68 Å². The van der Waals surface area contributed by atoms with E-state index in [-0.39, 0.29) is 12.1 Å². The average Bonchev–Trinajstić information content (AvgIpc) is 3.10. The number of hydrogen-bond donors (Lipinski definition) is 2. The second kappa shape index (κ2) is 8.13. The van der Waals surface area contributed by atoms with E-state index in [1.165, 1.54) is 17.9 Å². The van der Waals surface area contributed by atoms with Crippen LogP contribution in [0, 0.1) is 0 Å². The van der Waals surface area contributed by atoms with Gasteiger partial charge in [0.1, 0.15) is 0 Å². The standard InChI is InChI=1S/C15H24F3N5S/c1-4-19-14(21-11-5-6-12(7-11)24-3)20-8-10-9-23(2)22-13(10)15(16,17)18/h9,11-12H,4-8H2,1-3H3,(H2,19,20,21). The largest absolute Gasteiger partial charge is 0.435 e. The summed E-state index contributed by atoms with van der Waals surface area (Å²) in [4.78, 5) is 4.32. The normalized spacial score (nSPS) is 22.0. The van der Waals surface area contributed by atoms with E-state index in [2.05, 4.69) is 27.0 Å². The topological polar surface area (TPSA) is 54.2 Å². The van der Waals surface area contributed by atoms with Gasteiger partial charge in [0.15, 0.2) is 11.7 Å². The molecule has 1 aromatic heterocycles. The molecule has 2 atom stereocenters. The molecule has 1 aromatic rings. The van der Waals surface area contributed by atoms with E-state index in [0.717, 1.165) is 19.3 Å². The first-order chi connectivity index (χ1) is 11.3. The Morgan fingerprint density at radius 1 is 1.46 bits per heavy atom. The summed E-state index contributed by atoms with van der Waals surface area (Å²) >= 11 is 1.86. The first-order valence-corrected chi connectivity index (χ1v) is 9.29. The first kappa shape index (κ1) is 19.0. The summed E-state index contributed by atoms with van der Waals surface area (Å²) in [6.45, 7) is 2.53. The number of nitrogens with one attached hydrogen (secondary N) is 2. The maximum absolute atomic E-state index is 13.0. The number of aliphatic imine (C=N–C) groups is 1. The van der Waals surface area contributed by atoms with Crippen LogP contribution in [0.15, 0.2) is 11.2 Å². The van der Waals surface area contributed by atoms with Crippen molar-refractivity contribution in [2.24, 2.45) is 12.0 Å². The van der Waals surface area contributed by atoms with Gasteiger partial charge in [-0.25, -0.2) is 4.99 Å². The summed E-state index contributed by atoms with van der Waals surface area (Å²) in [6.07, 6.45) is 2.26. The monoisotopic (exact) mass is 363 g/mol. The van der Waals surface area contributed by atoms with Crippen LogP contribution in [0.4, 0.5) is 13.2 Å². The van der Waals surface area contributed by atoms with Crippen molar-refractivity contribution in [3.05, 3.63) is 17.5 Å². The molecular weight excluding hydrogens is 339 g/mol. The Kier molecular flexibility index (Phi) is 6.42. The Hall–Kier alpha value is -1.38. The highest BCUT2D eigenvalue weighted by Gasteiger charge is 2.36. The van der Waals surface area contributed by atoms with Crippen LogP contribution in [0.5, 0.6) is 0 Å². The molecule has 1 aliphatic rings. The van der Waals surface area contributed by atoms with E-state index in [0.29, 0.717) is 23.8 Å². The maximum Gasteiger partial charge on any atom is 0.435 e. The molecule has 24 heavy (non-hydrogen) atoms. The summed E-state index contributed by atoms with van der Waals surface area (Å²) in [5, 5.41) is 10.6. The number of nitrogens with zero attached hydrogens (tertiary/aromatic N) is 3. The number of aromatic nitrogens is 2. The molecule has 1 heterocycles. The minimum absolute atomic E-state index is 0.0588. The van der Waals surface area contributed by atoms with Crippen LogP contribution in [0.25, 0.3) is 0 Å². The fourth-order valence-corrected chi connectivity index (χ4v) is 3.65. The Balaban J connectivity index is 2.06. The van der Waals surface area contributed by atoms with Crippen LogP contribution in [0.1, 0.15) is 37.4 Å². The third kappa shape index (κ3) is 5.06. The number of rotatable bonds is 5. The second-order valence-electron chi connectivity index (χ2n) is 5.88. The van der Waals surface area contributed by atoms with Crippen LogP contribution in [-0.2, 0) is 19.8 Å². The lowest BCUT2D eigenvalue weighted by molar-refractivity contribution is -0.142. The molecule has 0 aromatic carbocycles. The minimum Gasteiger partial charge on any atom is -0.357 e. The molecule has 0 amide bonds. The lowest BCUT2D eigenvalue weighted by Gasteiger charge is -2.17. The van der Waals surface area contributed by atoms with Gasteiger partial charge in [-0.1, -0.05) is 0 Å². The summed E-state index contributed by atoms with van der Waals surface area (Å²) in [5.41, 5.74) is -0.788. The van der Waals surface area contributed by atoms with Crippen molar-refractivity contribution >= 4 is 17.7 Å². The Morgan fingerprint density at radius 3 is 2.79 bits per heavy atom. The molecule has 2 rings (SSSR count). The van der Waals surface area contributed by atoms with Crippen LogP contribution in [-0.4, -0.2) is 39.8 Å². The molecule has 0 radical (unpaired) electrons. The van der Waals surface area contributed by atoms with Gasteiger partial charge >= 0.3 is 6.18 Å². The molecule has 1 saturated carbocycles. The molecule has 2 N–H and O–H groups in total. The van der Waals surface area contributed by atoms with Gasteiger partial charge in [0.2, 0.25) is 0 Å². The zero-order valence-electron chi connectivity index (χ0n) is 14.2.